The summed E-state index contributed by atoms with van der Waals surface area (Å²) in [4.78, 5) is 0. The summed E-state index contributed by atoms with van der Waals surface area (Å²) < 4.78 is 12.1. The molecular formula is C22H25ClO4. The van der Waals surface area contributed by atoms with Crippen LogP contribution in [-0.2, 0) is 34.7 Å². The van der Waals surface area contributed by atoms with E-state index in [1.54, 1.807) is 0 Å². The molecule has 2 aromatic carbocycles. The summed E-state index contributed by atoms with van der Waals surface area (Å²) in [6.45, 7) is 2.34. The fourth-order valence-corrected chi connectivity index (χ4v) is 4.35. The first-order chi connectivity index (χ1) is 13.1. The predicted molar refractivity (Wildman–Crippen MR) is 104 cm³/mol. The van der Waals surface area contributed by atoms with Crippen molar-refractivity contribution in [1.29, 1.82) is 0 Å². The molecule has 4 nitrogen and oxygen atoms in total. The monoisotopic (exact) mass is 388 g/mol. The molecule has 1 saturated heterocycles. The fraction of sp³-hybridized carbons (Fsp3) is 0.455. The summed E-state index contributed by atoms with van der Waals surface area (Å²) in [7, 11) is 0. The van der Waals surface area contributed by atoms with Gasteiger partial charge in [0.25, 0.3) is 0 Å². The van der Waals surface area contributed by atoms with E-state index in [2.05, 4.69) is 31.2 Å². The van der Waals surface area contributed by atoms with Crippen molar-refractivity contribution in [3.8, 4) is 0 Å². The Kier molecular flexibility index (Phi) is 5.28. The highest BCUT2D eigenvalue weighted by molar-refractivity contribution is 6.31. The fourth-order valence-electron chi connectivity index (χ4n) is 4.11. The largest absolute Gasteiger partial charge is 0.394 e. The van der Waals surface area contributed by atoms with Crippen LogP contribution >= 0.6 is 11.6 Å². The van der Waals surface area contributed by atoms with Crippen LogP contribution in [0.15, 0.2) is 36.4 Å². The Morgan fingerprint density at radius 2 is 1.89 bits per heavy atom. The molecule has 1 fully saturated rings. The van der Waals surface area contributed by atoms with Crippen molar-refractivity contribution in [3.63, 3.8) is 0 Å². The van der Waals surface area contributed by atoms with E-state index in [1.807, 2.05) is 12.1 Å². The number of aliphatic hydroxyl groups is 2. The maximum Gasteiger partial charge on any atom is 0.196 e. The van der Waals surface area contributed by atoms with Crippen LogP contribution in [0.25, 0.3) is 0 Å². The summed E-state index contributed by atoms with van der Waals surface area (Å²) in [5, 5.41) is 20.3. The lowest BCUT2D eigenvalue weighted by Crippen LogP contribution is -2.47. The molecule has 144 valence electrons. The standard InChI is InChI=1S/C22H25ClO4/c1-2-14-3-5-15(6-4-14)11-16-17-13-26-22(18(17)7-8-19(16)23)10-9-20(25)21(12-24)27-22/h3-8,20-21,24-25H,2,9-13H2,1H3/t20-,21+,22?/m0/s1. The maximum absolute atomic E-state index is 10.0. The van der Waals surface area contributed by atoms with Gasteiger partial charge in [0.1, 0.15) is 6.10 Å². The minimum absolute atomic E-state index is 0.230. The lowest BCUT2D eigenvalue weighted by atomic mass is 9.89. The summed E-state index contributed by atoms with van der Waals surface area (Å²) in [6, 6.07) is 12.5. The molecule has 1 spiro atoms. The Hall–Kier alpha value is -1.43. The van der Waals surface area contributed by atoms with Crippen LogP contribution in [0.2, 0.25) is 5.02 Å². The van der Waals surface area contributed by atoms with Gasteiger partial charge in [-0.1, -0.05) is 48.9 Å². The van der Waals surface area contributed by atoms with Gasteiger partial charge < -0.3 is 19.7 Å². The number of halogens is 1. The van der Waals surface area contributed by atoms with Crippen molar-refractivity contribution in [1.82, 2.24) is 0 Å². The first-order valence-electron chi connectivity index (χ1n) is 9.55. The van der Waals surface area contributed by atoms with Gasteiger partial charge in [0, 0.05) is 17.0 Å². The van der Waals surface area contributed by atoms with E-state index in [0.717, 1.165) is 34.6 Å². The van der Waals surface area contributed by atoms with Gasteiger partial charge in [-0.15, -0.1) is 0 Å². The van der Waals surface area contributed by atoms with Gasteiger partial charge in [0.15, 0.2) is 5.79 Å². The molecule has 0 saturated carbocycles. The third kappa shape index (κ3) is 3.41. The number of fused-ring (bicyclic) bond motifs is 2. The molecule has 2 aliphatic heterocycles. The van der Waals surface area contributed by atoms with E-state index in [1.165, 1.54) is 11.1 Å². The van der Waals surface area contributed by atoms with E-state index >= 15 is 0 Å². The van der Waals surface area contributed by atoms with Crippen LogP contribution in [0.4, 0.5) is 0 Å². The van der Waals surface area contributed by atoms with Crippen molar-refractivity contribution in [2.75, 3.05) is 6.61 Å². The van der Waals surface area contributed by atoms with Crippen LogP contribution in [0.5, 0.6) is 0 Å². The third-order valence-corrected chi connectivity index (χ3v) is 6.12. The highest BCUT2D eigenvalue weighted by Gasteiger charge is 2.48. The molecule has 0 amide bonds. The predicted octanol–water partition coefficient (Wildman–Crippen LogP) is 3.71. The molecule has 0 radical (unpaired) electrons. The van der Waals surface area contributed by atoms with Gasteiger partial charge in [0.2, 0.25) is 0 Å². The third-order valence-electron chi connectivity index (χ3n) is 5.77. The average Bonchev–Trinajstić information content (AvgIpc) is 3.05. The van der Waals surface area contributed by atoms with Gasteiger partial charge in [0.05, 0.1) is 19.3 Å². The summed E-state index contributed by atoms with van der Waals surface area (Å²) in [5.74, 6) is -0.895. The first-order valence-corrected chi connectivity index (χ1v) is 9.93. The lowest BCUT2D eigenvalue weighted by molar-refractivity contribution is -0.306. The summed E-state index contributed by atoms with van der Waals surface area (Å²) in [5.41, 5.74) is 5.62. The Balaban J connectivity index is 1.67. The van der Waals surface area contributed by atoms with Crippen molar-refractivity contribution >= 4 is 11.6 Å². The number of ether oxygens (including phenoxy) is 2. The molecule has 0 aromatic heterocycles. The van der Waals surface area contributed by atoms with E-state index in [0.29, 0.717) is 19.4 Å². The van der Waals surface area contributed by atoms with Gasteiger partial charge in [-0.05, 0) is 47.6 Å². The number of hydrogen-bond acceptors (Lipinski definition) is 4. The van der Waals surface area contributed by atoms with E-state index in [9.17, 15) is 10.2 Å². The van der Waals surface area contributed by atoms with Crippen LogP contribution in [0, 0.1) is 0 Å². The Labute approximate surface area is 164 Å². The SMILES string of the molecule is CCc1ccc(Cc2c(Cl)ccc3c2COC32CC[C@H](O)[C@@H](CO)O2)cc1. The van der Waals surface area contributed by atoms with Crippen LogP contribution in [0.3, 0.4) is 0 Å². The van der Waals surface area contributed by atoms with Crippen molar-refractivity contribution in [2.45, 2.75) is 57.2 Å². The lowest BCUT2D eigenvalue weighted by Gasteiger charge is -2.40. The highest BCUT2D eigenvalue weighted by atomic mass is 35.5. The quantitative estimate of drug-likeness (QED) is 0.838. The second-order valence-corrected chi connectivity index (χ2v) is 7.79. The number of benzene rings is 2. The molecule has 0 bridgehead atoms. The smallest absolute Gasteiger partial charge is 0.196 e. The zero-order valence-electron chi connectivity index (χ0n) is 15.5. The highest BCUT2D eigenvalue weighted by Crippen LogP contribution is 2.47. The molecule has 4 rings (SSSR count). The van der Waals surface area contributed by atoms with Crippen molar-refractivity contribution in [2.24, 2.45) is 0 Å². The molecule has 3 atom stereocenters. The van der Waals surface area contributed by atoms with E-state index < -0.39 is 18.0 Å². The van der Waals surface area contributed by atoms with E-state index in [4.69, 9.17) is 21.1 Å². The number of aryl methyl sites for hydroxylation is 1. The first kappa shape index (κ1) is 18.9. The summed E-state index contributed by atoms with van der Waals surface area (Å²) in [6.07, 6.45) is 1.54. The second-order valence-electron chi connectivity index (χ2n) is 7.39. The van der Waals surface area contributed by atoms with Gasteiger partial charge >= 0.3 is 0 Å². The van der Waals surface area contributed by atoms with Crippen LogP contribution in [-0.4, -0.2) is 29.0 Å². The second kappa shape index (κ2) is 7.53. The van der Waals surface area contributed by atoms with Gasteiger partial charge in [-0.2, -0.15) is 0 Å². The Bertz CT molecular complexity index is 820. The average molecular weight is 389 g/mol. The minimum Gasteiger partial charge on any atom is -0.394 e. The van der Waals surface area contributed by atoms with Crippen LogP contribution < -0.4 is 0 Å². The van der Waals surface area contributed by atoms with Crippen molar-refractivity contribution < 1.29 is 19.7 Å². The zero-order chi connectivity index (χ0) is 19.0. The maximum atomic E-state index is 10.0. The number of aliphatic hydroxyl groups excluding tert-OH is 2. The molecule has 0 aliphatic carbocycles. The Morgan fingerprint density at radius 1 is 1.15 bits per heavy atom. The normalized spacial score (nSPS) is 27.1. The van der Waals surface area contributed by atoms with Crippen molar-refractivity contribution in [3.05, 3.63) is 69.2 Å². The van der Waals surface area contributed by atoms with E-state index in [-0.39, 0.29) is 6.61 Å². The molecule has 2 aliphatic rings. The van der Waals surface area contributed by atoms with Gasteiger partial charge in [-0.3, -0.25) is 0 Å². The minimum atomic E-state index is -0.895. The molecule has 2 aromatic rings. The molecule has 2 heterocycles. The Morgan fingerprint density at radius 3 is 2.59 bits per heavy atom. The number of rotatable bonds is 4. The molecule has 27 heavy (non-hydrogen) atoms. The van der Waals surface area contributed by atoms with Crippen LogP contribution in [0.1, 0.15) is 47.6 Å². The molecule has 5 heteroatoms. The summed E-state index contributed by atoms with van der Waals surface area (Å²) >= 11 is 6.55. The molecule has 2 N–H and O–H groups in total. The topological polar surface area (TPSA) is 58.9 Å². The number of hydrogen-bond donors (Lipinski definition) is 2. The van der Waals surface area contributed by atoms with Gasteiger partial charge in [-0.25, -0.2) is 0 Å². The zero-order valence-corrected chi connectivity index (χ0v) is 16.2. The molecule has 1 unspecified atom stereocenters. The molecular weight excluding hydrogens is 364 g/mol.